The number of rotatable bonds is 3. The van der Waals surface area contributed by atoms with Crippen LogP contribution in [0.4, 0.5) is 0 Å². The molecule has 0 N–H and O–H groups in total. The van der Waals surface area contributed by atoms with Crippen LogP contribution in [0.15, 0.2) is 0 Å². The Morgan fingerprint density at radius 1 is 1.20 bits per heavy atom. The van der Waals surface area contributed by atoms with Crippen LogP contribution in [-0.2, 0) is 4.79 Å². The second-order valence-electron chi connectivity index (χ2n) is 5.06. The highest BCUT2D eigenvalue weighted by atomic mass is 16.2. The van der Waals surface area contributed by atoms with E-state index in [1.165, 1.54) is 12.8 Å². The molecular formula is C12H24N2O. The van der Waals surface area contributed by atoms with E-state index in [9.17, 15) is 4.79 Å². The van der Waals surface area contributed by atoms with Gasteiger partial charge in [-0.3, -0.25) is 9.69 Å². The molecule has 1 amide bonds. The van der Waals surface area contributed by atoms with Gasteiger partial charge in [0.2, 0.25) is 5.91 Å². The van der Waals surface area contributed by atoms with E-state index in [-0.39, 0.29) is 11.4 Å². The number of hydrogen-bond donors (Lipinski definition) is 0. The molecule has 0 aromatic heterocycles. The largest absolute Gasteiger partial charge is 0.340 e. The fourth-order valence-corrected chi connectivity index (χ4v) is 2.40. The standard InChI is InChI=1S/C12H24N2O/c1-5-6-12(3,4)14-9-7-13(8-10-14)11(2)15/h5-10H2,1-4H3. The minimum atomic E-state index is 0.211. The van der Waals surface area contributed by atoms with Gasteiger partial charge >= 0.3 is 0 Å². The molecule has 3 heteroatoms. The number of amides is 1. The van der Waals surface area contributed by atoms with Crippen LogP contribution in [0.3, 0.4) is 0 Å². The van der Waals surface area contributed by atoms with Crippen LogP contribution in [0.25, 0.3) is 0 Å². The van der Waals surface area contributed by atoms with Crippen LogP contribution in [0, 0.1) is 0 Å². The van der Waals surface area contributed by atoms with Gasteiger partial charge in [-0.15, -0.1) is 0 Å². The maximum Gasteiger partial charge on any atom is 0.219 e. The molecule has 3 nitrogen and oxygen atoms in total. The van der Waals surface area contributed by atoms with Crippen molar-refractivity contribution in [2.24, 2.45) is 0 Å². The average Bonchev–Trinajstić information content (AvgIpc) is 2.18. The Labute approximate surface area is 93.4 Å². The third-order valence-electron chi connectivity index (χ3n) is 3.44. The van der Waals surface area contributed by atoms with Crippen molar-refractivity contribution < 1.29 is 4.79 Å². The lowest BCUT2D eigenvalue weighted by Gasteiger charge is -2.44. The Hall–Kier alpha value is -0.570. The molecule has 1 saturated heterocycles. The second-order valence-corrected chi connectivity index (χ2v) is 5.06. The van der Waals surface area contributed by atoms with Gasteiger partial charge in [0.25, 0.3) is 0 Å². The van der Waals surface area contributed by atoms with Crippen molar-refractivity contribution in [2.75, 3.05) is 26.2 Å². The van der Waals surface area contributed by atoms with E-state index in [2.05, 4.69) is 25.7 Å². The number of carbonyl (C=O) groups is 1. The van der Waals surface area contributed by atoms with Crippen molar-refractivity contribution >= 4 is 5.91 Å². The monoisotopic (exact) mass is 212 g/mol. The predicted octanol–water partition coefficient (Wildman–Crippen LogP) is 1.73. The van der Waals surface area contributed by atoms with Crippen LogP contribution < -0.4 is 0 Å². The SMILES string of the molecule is CCCC(C)(C)N1CCN(C(C)=O)CC1. The zero-order chi connectivity index (χ0) is 11.5. The van der Waals surface area contributed by atoms with E-state index in [1.54, 1.807) is 6.92 Å². The van der Waals surface area contributed by atoms with E-state index in [0.29, 0.717) is 0 Å². The van der Waals surface area contributed by atoms with Gasteiger partial charge in [-0.25, -0.2) is 0 Å². The molecule has 0 unspecified atom stereocenters. The second kappa shape index (κ2) is 4.97. The van der Waals surface area contributed by atoms with Crippen LogP contribution in [-0.4, -0.2) is 47.4 Å². The number of carbonyl (C=O) groups excluding carboxylic acids is 1. The molecule has 1 rings (SSSR count). The first-order valence-electron chi connectivity index (χ1n) is 5.98. The molecule has 0 radical (unpaired) electrons. The summed E-state index contributed by atoms with van der Waals surface area (Å²) >= 11 is 0. The average molecular weight is 212 g/mol. The Morgan fingerprint density at radius 2 is 1.73 bits per heavy atom. The maximum atomic E-state index is 11.2. The van der Waals surface area contributed by atoms with Crippen molar-refractivity contribution in [3.63, 3.8) is 0 Å². The van der Waals surface area contributed by atoms with E-state index >= 15 is 0 Å². The van der Waals surface area contributed by atoms with Crippen molar-refractivity contribution in [3.05, 3.63) is 0 Å². The molecule has 0 aromatic rings. The van der Waals surface area contributed by atoms with Gasteiger partial charge in [-0.2, -0.15) is 0 Å². The van der Waals surface area contributed by atoms with E-state index < -0.39 is 0 Å². The molecule has 1 aliphatic rings. The molecule has 0 bridgehead atoms. The highest BCUT2D eigenvalue weighted by Crippen LogP contribution is 2.22. The van der Waals surface area contributed by atoms with E-state index in [4.69, 9.17) is 0 Å². The molecular weight excluding hydrogens is 188 g/mol. The summed E-state index contributed by atoms with van der Waals surface area (Å²) in [5.74, 6) is 0.211. The third-order valence-corrected chi connectivity index (χ3v) is 3.44. The Balaban J connectivity index is 2.46. The van der Waals surface area contributed by atoms with Gasteiger partial charge < -0.3 is 4.90 Å². The fraction of sp³-hybridized carbons (Fsp3) is 0.917. The van der Waals surface area contributed by atoms with Crippen molar-refractivity contribution in [2.45, 2.75) is 46.1 Å². The minimum absolute atomic E-state index is 0.211. The molecule has 15 heavy (non-hydrogen) atoms. The predicted molar refractivity (Wildman–Crippen MR) is 62.8 cm³/mol. The summed E-state index contributed by atoms with van der Waals surface area (Å²) in [5.41, 5.74) is 0.289. The molecule has 0 aliphatic carbocycles. The normalized spacial score (nSPS) is 19.3. The first kappa shape index (κ1) is 12.5. The summed E-state index contributed by atoms with van der Waals surface area (Å²) in [6.45, 7) is 12.3. The summed E-state index contributed by atoms with van der Waals surface area (Å²) in [5, 5.41) is 0. The summed E-state index contributed by atoms with van der Waals surface area (Å²) in [7, 11) is 0. The molecule has 88 valence electrons. The van der Waals surface area contributed by atoms with Crippen molar-refractivity contribution in [1.29, 1.82) is 0 Å². The minimum Gasteiger partial charge on any atom is -0.340 e. The Morgan fingerprint density at radius 3 is 2.13 bits per heavy atom. The van der Waals surface area contributed by atoms with E-state index in [1.807, 2.05) is 4.90 Å². The van der Waals surface area contributed by atoms with Crippen molar-refractivity contribution in [3.8, 4) is 0 Å². The number of piperazine rings is 1. The highest BCUT2D eigenvalue weighted by molar-refractivity contribution is 5.73. The van der Waals surface area contributed by atoms with E-state index in [0.717, 1.165) is 26.2 Å². The summed E-state index contributed by atoms with van der Waals surface area (Å²) < 4.78 is 0. The van der Waals surface area contributed by atoms with Gasteiger partial charge in [-0.1, -0.05) is 13.3 Å². The Kier molecular flexibility index (Phi) is 4.14. The van der Waals surface area contributed by atoms with Crippen LogP contribution in [0.1, 0.15) is 40.5 Å². The number of nitrogens with zero attached hydrogens (tertiary/aromatic N) is 2. The van der Waals surface area contributed by atoms with Crippen LogP contribution in [0.5, 0.6) is 0 Å². The summed E-state index contributed by atoms with van der Waals surface area (Å²) in [6, 6.07) is 0. The summed E-state index contributed by atoms with van der Waals surface area (Å²) in [4.78, 5) is 15.6. The van der Waals surface area contributed by atoms with Gasteiger partial charge in [0.15, 0.2) is 0 Å². The van der Waals surface area contributed by atoms with Gasteiger partial charge in [-0.05, 0) is 20.3 Å². The van der Waals surface area contributed by atoms with Gasteiger partial charge in [0, 0.05) is 38.6 Å². The lowest BCUT2D eigenvalue weighted by molar-refractivity contribution is -0.131. The number of hydrogen-bond acceptors (Lipinski definition) is 2. The lowest BCUT2D eigenvalue weighted by Crippen LogP contribution is -2.55. The topological polar surface area (TPSA) is 23.6 Å². The smallest absolute Gasteiger partial charge is 0.219 e. The van der Waals surface area contributed by atoms with Crippen LogP contribution in [0.2, 0.25) is 0 Å². The zero-order valence-corrected chi connectivity index (χ0v) is 10.5. The molecule has 1 fully saturated rings. The molecule has 0 aromatic carbocycles. The lowest BCUT2D eigenvalue weighted by atomic mass is 9.95. The molecule has 0 atom stereocenters. The molecule has 0 saturated carbocycles. The Bertz CT molecular complexity index is 218. The quantitative estimate of drug-likeness (QED) is 0.711. The van der Waals surface area contributed by atoms with Gasteiger partial charge in [0.05, 0.1) is 0 Å². The van der Waals surface area contributed by atoms with Crippen molar-refractivity contribution in [1.82, 2.24) is 9.80 Å². The molecule has 0 spiro atoms. The molecule has 1 heterocycles. The first-order valence-corrected chi connectivity index (χ1v) is 5.98. The maximum absolute atomic E-state index is 11.2. The fourth-order valence-electron chi connectivity index (χ4n) is 2.40. The first-order chi connectivity index (χ1) is 6.97. The zero-order valence-electron chi connectivity index (χ0n) is 10.5. The van der Waals surface area contributed by atoms with Gasteiger partial charge in [0.1, 0.15) is 0 Å². The highest BCUT2D eigenvalue weighted by Gasteiger charge is 2.29. The summed E-state index contributed by atoms with van der Waals surface area (Å²) in [6.07, 6.45) is 2.45. The van der Waals surface area contributed by atoms with Crippen LogP contribution >= 0.6 is 0 Å². The molecule has 1 aliphatic heterocycles. The third kappa shape index (κ3) is 3.20.